The summed E-state index contributed by atoms with van der Waals surface area (Å²) in [6, 6.07) is 0.695. The average molecular weight is 291 g/mol. The SMILES string of the molecule is COC(OC)C1CCC2N1[C@@H](C)C1=C(C)C3=CC(=O)O[C@]312. The molecule has 4 rings (SSSR count). The predicted octanol–water partition coefficient (Wildman–Crippen LogP) is 1.39. The summed E-state index contributed by atoms with van der Waals surface area (Å²) in [5, 5.41) is 0. The summed E-state index contributed by atoms with van der Waals surface area (Å²) in [6.45, 7) is 4.30. The molecule has 114 valence electrons. The van der Waals surface area contributed by atoms with E-state index >= 15 is 0 Å². The van der Waals surface area contributed by atoms with Gasteiger partial charge in [-0.05, 0) is 37.8 Å². The molecule has 1 aliphatic carbocycles. The van der Waals surface area contributed by atoms with Crippen molar-refractivity contribution in [1.29, 1.82) is 0 Å². The Morgan fingerprint density at radius 3 is 2.76 bits per heavy atom. The number of nitrogens with zero attached hydrogens (tertiary/aromatic N) is 1. The second-order valence-corrected chi connectivity index (χ2v) is 6.38. The van der Waals surface area contributed by atoms with E-state index in [-0.39, 0.29) is 30.4 Å². The molecule has 3 aliphatic heterocycles. The van der Waals surface area contributed by atoms with E-state index < -0.39 is 5.60 Å². The maximum atomic E-state index is 11.8. The largest absolute Gasteiger partial charge is 0.445 e. The van der Waals surface area contributed by atoms with Gasteiger partial charge in [-0.1, -0.05) is 0 Å². The summed E-state index contributed by atoms with van der Waals surface area (Å²) in [5.41, 5.74) is 3.13. The normalized spacial score (nSPS) is 40.9. The van der Waals surface area contributed by atoms with Crippen molar-refractivity contribution in [2.75, 3.05) is 14.2 Å². The minimum absolute atomic E-state index is 0.202. The lowest BCUT2D eigenvalue weighted by molar-refractivity contribution is -0.151. The molecule has 5 heteroatoms. The predicted molar refractivity (Wildman–Crippen MR) is 75.5 cm³/mol. The minimum Gasteiger partial charge on any atom is -0.445 e. The van der Waals surface area contributed by atoms with Crippen molar-refractivity contribution in [1.82, 2.24) is 4.90 Å². The Kier molecular flexibility index (Phi) is 2.69. The summed E-state index contributed by atoms with van der Waals surface area (Å²) in [6.07, 6.45) is 3.43. The number of methoxy groups -OCH3 is 2. The van der Waals surface area contributed by atoms with Crippen molar-refractivity contribution in [3.05, 3.63) is 22.8 Å². The number of esters is 1. The van der Waals surface area contributed by atoms with Gasteiger partial charge in [-0.3, -0.25) is 4.90 Å². The van der Waals surface area contributed by atoms with E-state index in [0.717, 1.165) is 18.4 Å². The molecular weight excluding hydrogens is 270 g/mol. The molecule has 5 nitrogen and oxygen atoms in total. The molecule has 2 saturated heterocycles. The average Bonchev–Trinajstić information content (AvgIpc) is 3.06. The molecule has 3 heterocycles. The van der Waals surface area contributed by atoms with Crippen molar-refractivity contribution in [3.8, 4) is 0 Å². The lowest BCUT2D eigenvalue weighted by Gasteiger charge is -2.42. The minimum atomic E-state index is -0.471. The Bertz CT molecular complexity index is 577. The van der Waals surface area contributed by atoms with Gasteiger partial charge in [-0.15, -0.1) is 0 Å². The molecule has 0 aromatic rings. The van der Waals surface area contributed by atoms with E-state index in [4.69, 9.17) is 14.2 Å². The van der Waals surface area contributed by atoms with Gasteiger partial charge >= 0.3 is 5.97 Å². The monoisotopic (exact) mass is 291 g/mol. The molecule has 0 N–H and O–H groups in total. The van der Waals surface area contributed by atoms with Crippen molar-refractivity contribution in [2.24, 2.45) is 0 Å². The Balaban J connectivity index is 1.75. The van der Waals surface area contributed by atoms with Gasteiger partial charge in [-0.25, -0.2) is 4.79 Å². The fraction of sp³-hybridized carbons (Fsp3) is 0.688. The highest BCUT2D eigenvalue weighted by molar-refractivity contribution is 5.93. The van der Waals surface area contributed by atoms with Crippen LogP contribution in [0.1, 0.15) is 26.7 Å². The Morgan fingerprint density at radius 2 is 2.10 bits per heavy atom. The molecule has 21 heavy (non-hydrogen) atoms. The van der Waals surface area contributed by atoms with E-state index in [9.17, 15) is 4.79 Å². The van der Waals surface area contributed by atoms with E-state index in [2.05, 4.69) is 18.7 Å². The number of carbonyl (C=O) groups is 1. The standard InChI is InChI=1S/C16H21NO4/c1-8-10-7-13(18)21-16(10)12-6-5-11(15(19-3)20-4)17(12)9(2)14(8)16/h7,9,11-12,15H,5-6H2,1-4H3/t9-,11?,12?,16-/m0/s1. The first-order valence-electron chi connectivity index (χ1n) is 7.56. The number of hydrogen-bond acceptors (Lipinski definition) is 5. The zero-order chi connectivity index (χ0) is 14.9. The molecular formula is C16H21NO4. The molecule has 0 bridgehead atoms. The van der Waals surface area contributed by atoms with Gasteiger partial charge in [0.15, 0.2) is 11.9 Å². The van der Waals surface area contributed by atoms with Crippen LogP contribution in [0, 0.1) is 0 Å². The molecule has 0 radical (unpaired) electrons. The molecule has 1 spiro atoms. The topological polar surface area (TPSA) is 48.0 Å². The van der Waals surface area contributed by atoms with Gasteiger partial charge in [-0.2, -0.15) is 0 Å². The van der Waals surface area contributed by atoms with Crippen LogP contribution < -0.4 is 0 Å². The third-order valence-electron chi connectivity index (χ3n) is 5.72. The van der Waals surface area contributed by atoms with Gasteiger partial charge in [0.05, 0.1) is 12.1 Å². The van der Waals surface area contributed by atoms with Crippen LogP contribution in [0.15, 0.2) is 22.8 Å². The van der Waals surface area contributed by atoms with Gasteiger partial charge < -0.3 is 14.2 Å². The van der Waals surface area contributed by atoms with Crippen molar-refractivity contribution in [3.63, 3.8) is 0 Å². The summed E-state index contributed by atoms with van der Waals surface area (Å²) < 4.78 is 16.8. The molecule has 0 aromatic carbocycles. The van der Waals surface area contributed by atoms with Crippen LogP contribution in [0.2, 0.25) is 0 Å². The molecule has 0 saturated carbocycles. The Labute approximate surface area is 124 Å². The molecule has 4 atom stereocenters. The van der Waals surface area contributed by atoms with E-state index in [1.165, 1.54) is 11.1 Å². The summed E-state index contributed by atoms with van der Waals surface area (Å²) in [5.74, 6) is -0.202. The first kappa shape index (κ1) is 13.5. The highest BCUT2D eigenvalue weighted by Gasteiger charge is 2.70. The van der Waals surface area contributed by atoms with Gasteiger partial charge in [0.2, 0.25) is 0 Å². The molecule has 2 fully saturated rings. The summed E-state index contributed by atoms with van der Waals surface area (Å²) in [4.78, 5) is 14.3. The zero-order valence-corrected chi connectivity index (χ0v) is 12.9. The molecule has 0 amide bonds. The first-order valence-corrected chi connectivity index (χ1v) is 7.56. The first-order chi connectivity index (χ1) is 10.1. The molecule has 4 aliphatic rings. The van der Waals surface area contributed by atoms with E-state index in [1.54, 1.807) is 20.3 Å². The van der Waals surface area contributed by atoms with Crippen LogP contribution in [0.4, 0.5) is 0 Å². The van der Waals surface area contributed by atoms with Crippen molar-refractivity contribution < 1.29 is 19.0 Å². The van der Waals surface area contributed by atoms with E-state index in [1.807, 2.05) is 0 Å². The number of carbonyl (C=O) groups excluding carboxylic acids is 1. The fourth-order valence-corrected chi connectivity index (χ4v) is 5.13. The van der Waals surface area contributed by atoms with E-state index in [0.29, 0.717) is 0 Å². The Hall–Kier alpha value is -1.17. The Morgan fingerprint density at radius 1 is 1.38 bits per heavy atom. The maximum Gasteiger partial charge on any atom is 0.332 e. The second kappa shape index (κ2) is 4.18. The number of hydrogen-bond donors (Lipinski definition) is 0. The lowest BCUT2D eigenvalue weighted by atomic mass is 9.66. The third kappa shape index (κ3) is 1.35. The quantitative estimate of drug-likeness (QED) is 0.581. The van der Waals surface area contributed by atoms with Crippen LogP contribution in [-0.2, 0) is 19.0 Å². The van der Waals surface area contributed by atoms with Crippen LogP contribution in [0.3, 0.4) is 0 Å². The highest BCUT2D eigenvalue weighted by Crippen LogP contribution is 2.62. The summed E-state index contributed by atoms with van der Waals surface area (Å²) >= 11 is 0. The fourth-order valence-electron chi connectivity index (χ4n) is 5.13. The maximum absolute atomic E-state index is 11.8. The highest BCUT2D eigenvalue weighted by atomic mass is 16.7. The smallest absolute Gasteiger partial charge is 0.332 e. The lowest BCUT2D eigenvalue weighted by Crippen LogP contribution is -2.51. The van der Waals surface area contributed by atoms with Crippen LogP contribution in [0.25, 0.3) is 0 Å². The van der Waals surface area contributed by atoms with Crippen LogP contribution >= 0.6 is 0 Å². The third-order valence-corrected chi connectivity index (χ3v) is 5.72. The second-order valence-electron chi connectivity index (χ2n) is 6.38. The van der Waals surface area contributed by atoms with Gasteiger partial charge in [0.1, 0.15) is 0 Å². The summed E-state index contributed by atoms with van der Waals surface area (Å²) in [7, 11) is 3.36. The molecule has 0 aromatic heterocycles. The van der Waals surface area contributed by atoms with Crippen LogP contribution in [-0.4, -0.2) is 55.1 Å². The number of ether oxygens (including phenoxy) is 3. The molecule has 2 unspecified atom stereocenters. The van der Waals surface area contributed by atoms with Crippen molar-refractivity contribution in [2.45, 2.75) is 56.7 Å². The van der Waals surface area contributed by atoms with Gasteiger partial charge in [0.25, 0.3) is 0 Å². The zero-order valence-electron chi connectivity index (χ0n) is 12.9. The number of fused-ring (bicyclic) bond motifs is 1. The number of rotatable bonds is 3. The van der Waals surface area contributed by atoms with Crippen molar-refractivity contribution >= 4 is 5.97 Å². The van der Waals surface area contributed by atoms with Gasteiger partial charge in [0, 0.05) is 31.9 Å². The van der Waals surface area contributed by atoms with Crippen LogP contribution in [0.5, 0.6) is 0 Å².